The van der Waals surface area contributed by atoms with E-state index in [0.717, 1.165) is 37.5 Å². The van der Waals surface area contributed by atoms with Crippen LogP contribution in [0.2, 0.25) is 0 Å². The normalized spacial score (nSPS) is 18.0. The Balaban J connectivity index is 2.09. The summed E-state index contributed by atoms with van der Waals surface area (Å²) in [5.41, 5.74) is 1.04. The highest BCUT2D eigenvalue weighted by molar-refractivity contribution is 5.31. The van der Waals surface area contributed by atoms with E-state index in [-0.39, 0.29) is 6.04 Å². The number of rotatable bonds is 4. The number of benzene rings is 1. The third-order valence-corrected chi connectivity index (χ3v) is 3.15. The van der Waals surface area contributed by atoms with Crippen LogP contribution < -0.4 is 10.1 Å². The monoisotopic (exact) mass is 245 g/mol. The maximum absolute atomic E-state index is 9.36. The number of nitrogens with zero attached hydrogens (tertiary/aromatic N) is 2. The van der Waals surface area contributed by atoms with Gasteiger partial charge in [0.15, 0.2) is 0 Å². The van der Waals surface area contributed by atoms with Crippen molar-refractivity contribution in [1.82, 2.24) is 10.2 Å². The van der Waals surface area contributed by atoms with Crippen LogP contribution in [0.15, 0.2) is 24.3 Å². The van der Waals surface area contributed by atoms with Gasteiger partial charge in [0.1, 0.15) is 11.8 Å². The fourth-order valence-corrected chi connectivity index (χ4v) is 2.22. The Bertz CT molecular complexity index is 404. The van der Waals surface area contributed by atoms with Gasteiger partial charge in [0, 0.05) is 26.2 Å². The molecule has 1 unspecified atom stereocenters. The topological polar surface area (TPSA) is 48.3 Å². The Morgan fingerprint density at radius 3 is 2.56 bits per heavy atom. The Morgan fingerprint density at radius 1 is 1.33 bits per heavy atom. The van der Waals surface area contributed by atoms with E-state index in [1.54, 1.807) is 0 Å². The van der Waals surface area contributed by atoms with Crippen LogP contribution in [0, 0.1) is 11.3 Å². The lowest BCUT2D eigenvalue weighted by molar-refractivity contribution is 0.207. The molecule has 2 rings (SSSR count). The summed E-state index contributed by atoms with van der Waals surface area (Å²) in [5.74, 6) is 0.859. The molecular formula is C14H19N3O. The maximum atomic E-state index is 9.36. The van der Waals surface area contributed by atoms with Crippen LogP contribution in [0.5, 0.6) is 5.75 Å². The lowest BCUT2D eigenvalue weighted by Crippen LogP contribution is -2.44. The van der Waals surface area contributed by atoms with Gasteiger partial charge >= 0.3 is 0 Å². The van der Waals surface area contributed by atoms with Gasteiger partial charge in [0.25, 0.3) is 0 Å². The van der Waals surface area contributed by atoms with Crippen LogP contribution in [0.1, 0.15) is 18.5 Å². The standard InChI is InChI=1S/C14H19N3O/c1-2-18-13-5-3-12(4-6-13)14(11-15)17-9-7-16-8-10-17/h3-6,14,16H,2,7-10H2,1H3. The minimum absolute atomic E-state index is 0.150. The van der Waals surface area contributed by atoms with Gasteiger partial charge in [0.2, 0.25) is 0 Å². The number of nitriles is 1. The summed E-state index contributed by atoms with van der Waals surface area (Å²) >= 11 is 0. The zero-order valence-electron chi connectivity index (χ0n) is 10.7. The van der Waals surface area contributed by atoms with Crippen molar-refractivity contribution in [3.05, 3.63) is 29.8 Å². The number of ether oxygens (including phenoxy) is 1. The zero-order chi connectivity index (χ0) is 12.8. The number of hydrogen-bond donors (Lipinski definition) is 1. The van der Waals surface area contributed by atoms with Crippen LogP contribution in [-0.4, -0.2) is 37.7 Å². The summed E-state index contributed by atoms with van der Waals surface area (Å²) in [4.78, 5) is 2.21. The van der Waals surface area contributed by atoms with Gasteiger partial charge in [-0.25, -0.2) is 0 Å². The Hall–Kier alpha value is -1.57. The van der Waals surface area contributed by atoms with Crippen molar-refractivity contribution in [3.63, 3.8) is 0 Å². The van der Waals surface area contributed by atoms with E-state index in [0.29, 0.717) is 6.61 Å². The van der Waals surface area contributed by atoms with Crippen molar-refractivity contribution in [2.45, 2.75) is 13.0 Å². The number of nitrogens with one attached hydrogen (secondary N) is 1. The van der Waals surface area contributed by atoms with Crippen molar-refractivity contribution in [2.75, 3.05) is 32.8 Å². The quantitative estimate of drug-likeness (QED) is 0.874. The first-order valence-electron chi connectivity index (χ1n) is 6.42. The smallest absolute Gasteiger partial charge is 0.123 e. The molecule has 1 aliphatic heterocycles. The highest BCUT2D eigenvalue weighted by atomic mass is 16.5. The lowest BCUT2D eigenvalue weighted by atomic mass is 10.1. The number of hydrogen-bond acceptors (Lipinski definition) is 4. The van der Waals surface area contributed by atoms with Crippen molar-refractivity contribution in [1.29, 1.82) is 5.26 Å². The molecule has 1 aliphatic rings. The van der Waals surface area contributed by atoms with E-state index in [2.05, 4.69) is 16.3 Å². The Kier molecular flexibility index (Phi) is 4.57. The molecular weight excluding hydrogens is 226 g/mol. The van der Waals surface area contributed by atoms with E-state index in [1.165, 1.54) is 0 Å². The molecule has 4 heteroatoms. The highest BCUT2D eigenvalue weighted by Gasteiger charge is 2.21. The van der Waals surface area contributed by atoms with Crippen molar-refractivity contribution in [2.24, 2.45) is 0 Å². The molecule has 1 aromatic carbocycles. The molecule has 1 saturated heterocycles. The van der Waals surface area contributed by atoms with Gasteiger partial charge in [-0.3, -0.25) is 4.90 Å². The van der Waals surface area contributed by atoms with E-state index in [1.807, 2.05) is 31.2 Å². The maximum Gasteiger partial charge on any atom is 0.123 e. The molecule has 1 N–H and O–H groups in total. The SMILES string of the molecule is CCOc1ccc(C(C#N)N2CCNCC2)cc1. The zero-order valence-corrected chi connectivity index (χ0v) is 10.7. The predicted octanol–water partition coefficient (Wildman–Crippen LogP) is 1.56. The van der Waals surface area contributed by atoms with Gasteiger partial charge in [0.05, 0.1) is 12.7 Å². The summed E-state index contributed by atoms with van der Waals surface area (Å²) in [7, 11) is 0. The van der Waals surface area contributed by atoms with Gasteiger partial charge < -0.3 is 10.1 Å². The van der Waals surface area contributed by atoms with Crippen LogP contribution in [-0.2, 0) is 0 Å². The highest BCUT2D eigenvalue weighted by Crippen LogP contribution is 2.22. The predicted molar refractivity (Wildman–Crippen MR) is 70.4 cm³/mol. The first kappa shape index (κ1) is 12.9. The fraction of sp³-hybridized carbons (Fsp3) is 0.500. The third-order valence-electron chi connectivity index (χ3n) is 3.15. The molecule has 1 atom stereocenters. The third kappa shape index (κ3) is 3.00. The first-order chi connectivity index (χ1) is 8.85. The minimum Gasteiger partial charge on any atom is -0.494 e. The molecule has 0 aliphatic carbocycles. The van der Waals surface area contributed by atoms with Crippen molar-refractivity contribution < 1.29 is 4.74 Å². The summed E-state index contributed by atoms with van der Waals surface area (Å²) in [5, 5.41) is 12.7. The van der Waals surface area contributed by atoms with E-state index >= 15 is 0 Å². The molecule has 0 bridgehead atoms. The van der Waals surface area contributed by atoms with E-state index < -0.39 is 0 Å². The van der Waals surface area contributed by atoms with Crippen LogP contribution >= 0.6 is 0 Å². The Morgan fingerprint density at radius 2 is 2.00 bits per heavy atom. The van der Waals surface area contributed by atoms with E-state index in [9.17, 15) is 5.26 Å². The number of piperazine rings is 1. The molecule has 0 radical (unpaired) electrons. The summed E-state index contributed by atoms with van der Waals surface area (Å²) in [6.07, 6.45) is 0. The van der Waals surface area contributed by atoms with Crippen LogP contribution in [0.3, 0.4) is 0 Å². The average Bonchev–Trinajstić information content (AvgIpc) is 2.43. The molecule has 0 amide bonds. The Labute approximate surface area is 108 Å². The molecule has 1 aromatic rings. The van der Waals surface area contributed by atoms with E-state index in [4.69, 9.17) is 4.74 Å². The van der Waals surface area contributed by atoms with Gasteiger partial charge in [-0.1, -0.05) is 12.1 Å². The van der Waals surface area contributed by atoms with Gasteiger partial charge in [-0.05, 0) is 24.6 Å². The lowest BCUT2D eigenvalue weighted by Gasteiger charge is -2.31. The summed E-state index contributed by atoms with van der Waals surface area (Å²) < 4.78 is 5.41. The van der Waals surface area contributed by atoms with Crippen molar-refractivity contribution >= 4 is 0 Å². The second-order valence-corrected chi connectivity index (χ2v) is 4.32. The largest absolute Gasteiger partial charge is 0.494 e. The second-order valence-electron chi connectivity index (χ2n) is 4.32. The first-order valence-corrected chi connectivity index (χ1v) is 6.42. The van der Waals surface area contributed by atoms with Crippen LogP contribution in [0.4, 0.5) is 0 Å². The second kappa shape index (κ2) is 6.39. The summed E-state index contributed by atoms with van der Waals surface area (Å²) in [6.45, 7) is 6.38. The van der Waals surface area contributed by atoms with Gasteiger partial charge in [-0.2, -0.15) is 5.26 Å². The minimum atomic E-state index is -0.150. The molecule has 0 aromatic heterocycles. The van der Waals surface area contributed by atoms with Crippen LogP contribution in [0.25, 0.3) is 0 Å². The molecule has 0 spiro atoms. The average molecular weight is 245 g/mol. The molecule has 1 heterocycles. The fourth-order valence-electron chi connectivity index (χ4n) is 2.22. The van der Waals surface area contributed by atoms with Crippen molar-refractivity contribution in [3.8, 4) is 11.8 Å². The molecule has 18 heavy (non-hydrogen) atoms. The summed E-state index contributed by atoms with van der Waals surface area (Å²) in [6, 6.07) is 10.1. The molecule has 1 fully saturated rings. The molecule has 96 valence electrons. The molecule has 0 saturated carbocycles. The molecule has 4 nitrogen and oxygen atoms in total. The van der Waals surface area contributed by atoms with Gasteiger partial charge in [-0.15, -0.1) is 0 Å².